The highest BCUT2D eigenvalue weighted by Crippen LogP contribution is 2.28. The Bertz CT molecular complexity index is 1700. The number of aryl methyl sites for hydroxylation is 2. The highest BCUT2D eigenvalue weighted by molar-refractivity contribution is 7.92. The molecule has 1 atom stereocenters. The predicted molar refractivity (Wildman–Crippen MR) is 176 cm³/mol. The van der Waals surface area contributed by atoms with Gasteiger partial charge in [-0.3, -0.25) is 13.9 Å². The number of unbranched alkanes of at least 4 members (excludes halogenated alkanes) is 1. The maximum Gasteiger partial charge on any atom is 0.264 e. The summed E-state index contributed by atoms with van der Waals surface area (Å²) in [6.07, 6.45) is 1.78. The van der Waals surface area contributed by atoms with Crippen molar-refractivity contribution in [2.75, 3.05) is 17.4 Å². The van der Waals surface area contributed by atoms with Gasteiger partial charge in [-0.2, -0.15) is 0 Å². The lowest BCUT2D eigenvalue weighted by atomic mass is 10.0. The molecule has 0 heterocycles. The maximum atomic E-state index is 15.0. The number of nitrogens with one attached hydrogen (secondary N) is 1. The number of hydrogen-bond donors (Lipinski definition) is 1. The molecule has 0 bridgehead atoms. The molecule has 236 valence electrons. The van der Waals surface area contributed by atoms with Crippen LogP contribution in [0.4, 0.5) is 10.1 Å². The Kier molecular flexibility index (Phi) is 11.5. The fraction of sp³-hybridized carbons (Fsp3) is 0.278. The molecule has 0 saturated carbocycles. The van der Waals surface area contributed by atoms with Crippen LogP contribution in [0.3, 0.4) is 0 Å². The summed E-state index contributed by atoms with van der Waals surface area (Å²) in [6, 6.07) is 27.6. The summed E-state index contributed by atoms with van der Waals surface area (Å²) in [5, 5.41) is 2.94. The summed E-state index contributed by atoms with van der Waals surface area (Å²) in [4.78, 5) is 29.6. The molecule has 0 unspecified atom stereocenters. The van der Waals surface area contributed by atoms with Gasteiger partial charge in [0.15, 0.2) is 0 Å². The first-order chi connectivity index (χ1) is 21.6. The third kappa shape index (κ3) is 8.57. The van der Waals surface area contributed by atoms with E-state index in [1.54, 1.807) is 55.5 Å². The van der Waals surface area contributed by atoms with Gasteiger partial charge in [0, 0.05) is 25.1 Å². The van der Waals surface area contributed by atoms with E-state index >= 15 is 4.39 Å². The van der Waals surface area contributed by atoms with Crippen molar-refractivity contribution in [3.8, 4) is 0 Å². The second-order valence-electron chi connectivity index (χ2n) is 11.1. The Morgan fingerprint density at radius 3 is 2.16 bits per heavy atom. The molecule has 9 heteroatoms. The molecule has 0 fully saturated rings. The summed E-state index contributed by atoms with van der Waals surface area (Å²) < 4.78 is 44.4. The van der Waals surface area contributed by atoms with Crippen LogP contribution < -0.4 is 9.62 Å². The van der Waals surface area contributed by atoms with E-state index in [9.17, 15) is 18.0 Å². The number of hydrogen-bond acceptors (Lipinski definition) is 4. The van der Waals surface area contributed by atoms with E-state index < -0.39 is 34.3 Å². The van der Waals surface area contributed by atoms with E-state index in [0.717, 1.165) is 28.3 Å². The monoisotopic (exact) mass is 629 g/mol. The number of amides is 2. The van der Waals surface area contributed by atoms with Crippen molar-refractivity contribution < 1.29 is 22.4 Å². The molecule has 4 aromatic carbocycles. The van der Waals surface area contributed by atoms with Crippen LogP contribution in [0.25, 0.3) is 0 Å². The van der Waals surface area contributed by atoms with Gasteiger partial charge in [-0.25, -0.2) is 12.8 Å². The molecular weight excluding hydrogens is 589 g/mol. The van der Waals surface area contributed by atoms with Crippen molar-refractivity contribution in [3.63, 3.8) is 0 Å². The Morgan fingerprint density at radius 1 is 0.867 bits per heavy atom. The van der Waals surface area contributed by atoms with Crippen molar-refractivity contribution in [2.24, 2.45) is 0 Å². The number of rotatable bonds is 14. The molecule has 0 saturated heterocycles. The van der Waals surface area contributed by atoms with Crippen molar-refractivity contribution in [3.05, 3.63) is 131 Å². The first-order valence-electron chi connectivity index (χ1n) is 15.1. The topological polar surface area (TPSA) is 86.8 Å². The van der Waals surface area contributed by atoms with Crippen LogP contribution in [-0.4, -0.2) is 44.3 Å². The van der Waals surface area contributed by atoms with Crippen molar-refractivity contribution in [1.29, 1.82) is 0 Å². The predicted octanol–water partition coefficient (Wildman–Crippen LogP) is 6.19. The fourth-order valence-electron chi connectivity index (χ4n) is 5.19. The van der Waals surface area contributed by atoms with E-state index in [1.807, 2.05) is 50.2 Å². The van der Waals surface area contributed by atoms with Gasteiger partial charge in [-0.1, -0.05) is 97.8 Å². The zero-order valence-electron chi connectivity index (χ0n) is 25.9. The summed E-state index contributed by atoms with van der Waals surface area (Å²) in [5.41, 5.74) is 2.97. The number of carbonyl (C=O) groups excluding carboxylic acids is 2. The van der Waals surface area contributed by atoms with Crippen molar-refractivity contribution in [2.45, 2.75) is 57.5 Å². The van der Waals surface area contributed by atoms with Gasteiger partial charge in [0.05, 0.1) is 10.6 Å². The minimum atomic E-state index is -4.21. The Hall–Kier alpha value is -4.50. The molecular formula is C36H40FN3O4S. The van der Waals surface area contributed by atoms with E-state index in [2.05, 4.69) is 5.32 Å². The molecule has 0 aliphatic carbocycles. The summed E-state index contributed by atoms with van der Waals surface area (Å²) in [6.45, 7) is 5.30. The number of anilines is 1. The van der Waals surface area contributed by atoms with Crippen LogP contribution in [-0.2, 0) is 32.6 Å². The maximum absolute atomic E-state index is 15.0. The highest BCUT2D eigenvalue weighted by Gasteiger charge is 2.35. The van der Waals surface area contributed by atoms with E-state index in [1.165, 1.54) is 23.1 Å². The first kappa shape index (κ1) is 33.4. The van der Waals surface area contributed by atoms with Crippen LogP contribution in [0.2, 0.25) is 0 Å². The molecule has 45 heavy (non-hydrogen) atoms. The minimum absolute atomic E-state index is 0.0246. The number of halogens is 1. The molecule has 0 aromatic heterocycles. The van der Waals surface area contributed by atoms with Gasteiger partial charge in [-0.05, 0) is 55.7 Å². The second-order valence-corrected chi connectivity index (χ2v) is 12.9. The average Bonchev–Trinajstić information content (AvgIpc) is 3.03. The molecule has 0 radical (unpaired) electrons. The summed E-state index contributed by atoms with van der Waals surface area (Å²) in [7, 11) is -4.21. The summed E-state index contributed by atoms with van der Waals surface area (Å²) >= 11 is 0. The van der Waals surface area contributed by atoms with Gasteiger partial charge >= 0.3 is 0 Å². The van der Waals surface area contributed by atoms with Crippen molar-refractivity contribution in [1.82, 2.24) is 10.2 Å². The lowest BCUT2D eigenvalue weighted by Gasteiger charge is -2.34. The molecule has 1 N–H and O–H groups in total. The van der Waals surface area contributed by atoms with Crippen LogP contribution in [0.5, 0.6) is 0 Å². The molecule has 4 rings (SSSR count). The zero-order chi connectivity index (χ0) is 32.4. The highest BCUT2D eigenvalue weighted by atomic mass is 32.2. The lowest BCUT2D eigenvalue weighted by Crippen LogP contribution is -2.53. The molecule has 0 aliphatic heterocycles. The van der Waals surface area contributed by atoms with Crippen LogP contribution in [0, 0.1) is 19.7 Å². The zero-order valence-corrected chi connectivity index (χ0v) is 26.8. The van der Waals surface area contributed by atoms with E-state index in [0.29, 0.717) is 17.8 Å². The smallest absolute Gasteiger partial charge is 0.264 e. The lowest BCUT2D eigenvalue weighted by molar-refractivity contribution is -0.140. The van der Waals surface area contributed by atoms with Gasteiger partial charge in [0.2, 0.25) is 11.8 Å². The number of benzene rings is 4. The quantitative estimate of drug-likeness (QED) is 0.169. The molecule has 0 spiro atoms. The molecule has 7 nitrogen and oxygen atoms in total. The largest absolute Gasteiger partial charge is 0.354 e. The van der Waals surface area contributed by atoms with E-state index in [4.69, 9.17) is 0 Å². The SMILES string of the molecule is CCCCNC(=O)[C@@H](Cc1ccccc1)N(Cc1ccccc1F)C(=O)CN(c1ccc(C)cc1C)S(=O)(=O)c1ccccc1. The normalized spacial score (nSPS) is 11.9. The van der Waals surface area contributed by atoms with Gasteiger partial charge in [-0.15, -0.1) is 0 Å². The van der Waals surface area contributed by atoms with Gasteiger partial charge in [0.1, 0.15) is 18.4 Å². The average molecular weight is 630 g/mol. The van der Waals surface area contributed by atoms with Crippen LogP contribution in [0.1, 0.15) is 42.0 Å². The van der Waals surface area contributed by atoms with Gasteiger partial charge in [0.25, 0.3) is 10.0 Å². The fourth-order valence-corrected chi connectivity index (χ4v) is 6.69. The third-order valence-electron chi connectivity index (χ3n) is 7.63. The summed E-state index contributed by atoms with van der Waals surface area (Å²) in [5.74, 6) is -1.55. The molecule has 4 aromatic rings. The molecule has 2 amide bonds. The third-order valence-corrected chi connectivity index (χ3v) is 9.40. The Labute approximate surface area is 265 Å². The number of carbonyl (C=O) groups is 2. The number of sulfonamides is 1. The van der Waals surface area contributed by atoms with Crippen LogP contribution >= 0.6 is 0 Å². The van der Waals surface area contributed by atoms with Crippen LogP contribution in [0.15, 0.2) is 108 Å². The van der Waals surface area contributed by atoms with Gasteiger partial charge < -0.3 is 10.2 Å². The number of nitrogens with zero attached hydrogens (tertiary/aromatic N) is 2. The van der Waals surface area contributed by atoms with Crippen molar-refractivity contribution >= 4 is 27.5 Å². The molecule has 0 aliphatic rings. The van der Waals surface area contributed by atoms with E-state index in [-0.39, 0.29) is 29.3 Å². The standard InChI is InChI=1S/C36H40FN3O4S/c1-4-5-22-38-36(42)34(24-29-14-8-6-9-15-29)39(25-30-16-12-13-19-32(30)37)35(41)26-40(33-21-20-27(2)23-28(33)3)45(43,44)31-17-10-7-11-18-31/h6-21,23,34H,4-5,22,24-26H2,1-3H3,(H,38,42)/t34-/m1/s1. The minimum Gasteiger partial charge on any atom is -0.354 e. The first-order valence-corrected chi connectivity index (χ1v) is 16.6. The Morgan fingerprint density at radius 2 is 1.51 bits per heavy atom. The second kappa shape index (κ2) is 15.5. The Balaban J connectivity index is 1.81.